The van der Waals surface area contributed by atoms with Crippen LogP contribution < -0.4 is 0 Å². The Labute approximate surface area is 185 Å². The summed E-state index contributed by atoms with van der Waals surface area (Å²) in [5, 5.41) is 7.05. The van der Waals surface area contributed by atoms with Crippen molar-refractivity contribution in [3.05, 3.63) is 96.8 Å². The van der Waals surface area contributed by atoms with Gasteiger partial charge in [0, 0.05) is 5.12 Å². The van der Waals surface area contributed by atoms with E-state index in [-0.39, 0.29) is 12.9 Å². The quantitative estimate of drug-likeness (QED) is 0.197. The van der Waals surface area contributed by atoms with Crippen molar-refractivity contribution in [3.63, 3.8) is 0 Å². The summed E-state index contributed by atoms with van der Waals surface area (Å²) in [5.41, 5.74) is 0.208. The molecule has 0 saturated carbocycles. The van der Waals surface area contributed by atoms with Crippen molar-refractivity contribution >= 4 is 47.4 Å². The van der Waals surface area contributed by atoms with E-state index in [4.69, 9.17) is 18.6 Å². The minimum absolute atomic E-state index is 0.208. The van der Waals surface area contributed by atoms with Crippen molar-refractivity contribution in [1.82, 2.24) is 0 Å². The molecule has 0 aliphatic heterocycles. The second kappa shape index (κ2) is 10.1. The predicted octanol–water partition coefficient (Wildman–Crippen LogP) is 9.01. The molecule has 0 nitrogen and oxygen atoms in total. The standard InChI is InChI=1S/C17H12P.C7H9.2ClH.Ti/c1-2-7-15-12-16(11-14(15)6-1)18-10-9-13-5-3-4-8-17(13)18;1-7(2)5-3-4-6-7;;;/h1-12H;3-5H,1-2H3;2*1H;/q2*-1;;;+2/p-2. The van der Waals surface area contributed by atoms with Crippen LogP contribution in [0.3, 0.4) is 0 Å². The monoisotopic (exact) mass is 458 g/mol. The van der Waals surface area contributed by atoms with Crippen LogP contribution in [0.15, 0.2) is 90.8 Å². The van der Waals surface area contributed by atoms with E-state index >= 15 is 0 Å². The van der Waals surface area contributed by atoms with Crippen molar-refractivity contribution in [2.75, 3.05) is 0 Å². The van der Waals surface area contributed by atoms with E-state index in [0.29, 0.717) is 0 Å². The Bertz CT molecular complexity index is 1050. The summed E-state index contributed by atoms with van der Waals surface area (Å²) in [7, 11) is 9.49. The van der Waals surface area contributed by atoms with Crippen LogP contribution in [0.25, 0.3) is 26.6 Å². The smallest absolute Gasteiger partial charge is 0.00412 e. The average molecular weight is 459 g/mol. The summed E-state index contributed by atoms with van der Waals surface area (Å²) in [5.74, 6) is 2.37. The van der Waals surface area contributed by atoms with E-state index in [1.54, 1.807) is 0 Å². The van der Waals surface area contributed by atoms with E-state index in [2.05, 4.69) is 98.5 Å². The van der Waals surface area contributed by atoms with Gasteiger partial charge in [-0.25, -0.2) is 12.2 Å². The molecule has 0 fully saturated rings. The Hall–Kier alpha value is -1.14. The van der Waals surface area contributed by atoms with Crippen LogP contribution in [0.5, 0.6) is 0 Å². The molecule has 1 heterocycles. The van der Waals surface area contributed by atoms with Gasteiger partial charge in [0.05, 0.1) is 0 Å². The molecule has 0 amide bonds. The molecule has 1 unspecified atom stereocenters. The number of allylic oxidation sites excluding steroid dienone is 4. The van der Waals surface area contributed by atoms with Crippen molar-refractivity contribution in [2.24, 2.45) is 5.41 Å². The third-order valence-electron chi connectivity index (χ3n) is 4.54. The first-order valence-corrected chi connectivity index (χ1v) is 14.7. The van der Waals surface area contributed by atoms with E-state index < -0.39 is 17.0 Å². The topological polar surface area (TPSA) is 0 Å². The molecule has 0 radical (unpaired) electrons. The molecule has 142 valence electrons. The molecule has 28 heavy (non-hydrogen) atoms. The van der Waals surface area contributed by atoms with E-state index in [9.17, 15) is 0 Å². The maximum absolute atomic E-state index is 4.89. The van der Waals surface area contributed by atoms with Gasteiger partial charge in [-0.05, 0) is 17.3 Å². The largest absolute Gasteiger partial charge is 0.157 e. The molecule has 5 rings (SSSR count). The van der Waals surface area contributed by atoms with Gasteiger partial charge in [-0.15, -0.1) is 42.6 Å². The predicted molar refractivity (Wildman–Crippen MR) is 124 cm³/mol. The normalized spacial score (nSPS) is 14.4. The molecule has 0 saturated heterocycles. The maximum Gasteiger partial charge on any atom is 0.00412 e. The summed E-state index contributed by atoms with van der Waals surface area (Å²) >= 11 is -0.556. The third kappa shape index (κ3) is 5.47. The Morgan fingerprint density at radius 3 is 2.25 bits per heavy atom. The second-order valence-corrected chi connectivity index (χ2v) is 11.7. The van der Waals surface area contributed by atoms with E-state index in [1.807, 2.05) is 12.2 Å². The van der Waals surface area contributed by atoms with Gasteiger partial charge in [0.1, 0.15) is 0 Å². The molecule has 3 aromatic carbocycles. The summed E-state index contributed by atoms with van der Waals surface area (Å²) in [6.07, 6.45) is 9.28. The minimum atomic E-state index is -0.556. The molecule has 0 spiro atoms. The van der Waals surface area contributed by atoms with Gasteiger partial charge in [-0.3, -0.25) is 6.08 Å². The van der Waals surface area contributed by atoms with Crippen molar-refractivity contribution < 1.29 is 17.0 Å². The second-order valence-electron chi connectivity index (χ2n) is 7.05. The van der Waals surface area contributed by atoms with Crippen LogP contribution >= 0.6 is 26.1 Å². The number of rotatable bonds is 1. The van der Waals surface area contributed by atoms with Crippen LogP contribution in [-0.2, 0) is 17.0 Å². The van der Waals surface area contributed by atoms with Gasteiger partial charge in [0.15, 0.2) is 0 Å². The van der Waals surface area contributed by atoms with E-state index in [0.717, 1.165) is 0 Å². The van der Waals surface area contributed by atoms with Crippen LogP contribution in [0, 0.1) is 11.5 Å². The Balaban J connectivity index is 0.000000188. The fourth-order valence-electron chi connectivity index (χ4n) is 3.18. The summed E-state index contributed by atoms with van der Waals surface area (Å²) in [6, 6.07) is 24.3. The van der Waals surface area contributed by atoms with Gasteiger partial charge >= 0.3 is 35.6 Å². The fourth-order valence-corrected chi connectivity index (χ4v) is 5.33. The van der Waals surface area contributed by atoms with Crippen molar-refractivity contribution in [2.45, 2.75) is 13.8 Å². The molecular weight excluding hydrogens is 438 g/mol. The zero-order valence-electron chi connectivity index (χ0n) is 15.9. The fraction of sp³-hybridized carbons (Fsp3) is 0.125. The summed E-state index contributed by atoms with van der Waals surface area (Å²) in [4.78, 5) is 0. The molecule has 1 aromatic heterocycles. The van der Waals surface area contributed by atoms with Crippen LogP contribution in [-0.4, -0.2) is 0 Å². The number of halogens is 2. The van der Waals surface area contributed by atoms with Gasteiger partial charge < -0.3 is 0 Å². The summed E-state index contributed by atoms with van der Waals surface area (Å²) in [6.45, 7) is 4.26. The molecular formula is C24H21Cl2PTi-2. The zero-order valence-corrected chi connectivity index (χ0v) is 19.8. The Kier molecular flexibility index (Phi) is 7.75. The first-order valence-electron chi connectivity index (χ1n) is 9.01. The van der Waals surface area contributed by atoms with Crippen molar-refractivity contribution in [3.8, 4) is 5.30 Å². The van der Waals surface area contributed by atoms with Gasteiger partial charge in [-0.2, -0.15) is 12.1 Å². The molecule has 0 bridgehead atoms. The van der Waals surface area contributed by atoms with Gasteiger partial charge in [0.25, 0.3) is 0 Å². The molecule has 1 atom stereocenters. The molecule has 4 heteroatoms. The van der Waals surface area contributed by atoms with Crippen LogP contribution in [0.2, 0.25) is 0 Å². The number of fused-ring (bicyclic) bond motifs is 2. The van der Waals surface area contributed by atoms with Crippen molar-refractivity contribution in [1.29, 1.82) is 0 Å². The van der Waals surface area contributed by atoms with Crippen LogP contribution in [0.1, 0.15) is 13.8 Å². The number of hydrogen-bond donors (Lipinski definition) is 0. The molecule has 0 N–H and O–H groups in total. The SMILES string of the molecule is CC1(C)[C-]=CC=C1.[Cl][Ti][Cl].c1ccc2[cH-]c(-p3ccc4ccccc43)cc2c1. The van der Waals surface area contributed by atoms with Crippen LogP contribution in [0.4, 0.5) is 0 Å². The zero-order chi connectivity index (χ0) is 20.0. The third-order valence-corrected chi connectivity index (χ3v) is 6.73. The van der Waals surface area contributed by atoms with Gasteiger partial charge in [-0.1, -0.05) is 54.9 Å². The summed E-state index contributed by atoms with van der Waals surface area (Å²) < 4.78 is 0. The Morgan fingerprint density at radius 1 is 0.964 bits per heavy atom. The Morgan fingerprint density at radius 2 is 1.64 bits per heavy atom. The first kappa shape index (κ1) is 21.6. The molecule has 4 aromatic rings. The first-order chi connectivity index (χ1) is 13.5. The van der Waals surface area contributed by atoms with E-state index in [1.165, 1.54) is 26.6 Å². The number of benzene rings is 2. The minimum Gasteiger partial charge on any atom is -0.157 e. The number of hydrogen-bond acceptors (Lipinski definition) is 0. The van der Waals surface area contributed by atoms with Gasteiger partial charge in [0.2, 0.25) is 0 Å². The molecule has 1 aliphatic carbocycles. The average Bonchev–Trinajstić information content (AvgIpc) is 3.39. The molecule has 1 aliphatic rings. The maximum atomic E-state index is 4.89.